The standard InChI is InChI=1S/C17H22N4O3/c1-11-7-5-6-8-13(11)21-16(23)14(15(22)19-17(21)24)12(2)18-9-10-20(3)4/h5-8,23H,9-10H2,1-4H3,(H,19,22,24). The van der Waals surface area contributed by atoms with Gasteiger partial charge in [0.05, 0.1) is 12.2 Å². The average molecular weight is 330 g/mol. The van der Waals surface area contributed by atoms with Gasteiger partial charge in [0.15, 0.2) is 0 Å². The Kier molecular flexibility index (Phi) is 5.35. The third-order valence-electron chi connectivity index (χ3n) is 3.70. The Hall–Kier alpha value is -2.67. The Morgan fingerprint density at radius 3 is 2.58 bits per heavy atom. The normalized spacial score (nSPS) is 12.0. The van der Waals surface area contributed by atoms with E-state index in [0.29, 0.717) is 24.5 Å². The molecule has 128 valence electrons. The van der Waals surface area contributed by atoms with Crippen molar-refractivity contribution in [3.05, 3.63) is 56.2 Å². The van der Waals surface area contributed by atoms with Crippen LogP contribution in [0.1, 0.15) is 18.1 Å². The van der Waals surface area contributed by atoms with Gasteiger partial charge in [-0.3, -0.25) is 14.8 Å². The smallest absolute Gasteiger partial charge is 0.335 e. The second-order valence-electron chi connectivity index (χ2n) is 5.85. The summed E-state index contributed by atoms with van der Waals surface area (Å²) in [6.45, 7) is 4.67. The Bertz CT molecular complexity index is 878. The minimum Gasteiger partial charge on any atom is -0.493 e. The molecule has 0 amide bonds. The Balaban J connectivity index is 2.60. The molecule has 7 heteroatoms. The summed E-state index contributed by atoms with van der Waals surface area (Å²) in [5, 5.41) is 10.6. The van der Waals surface area contributed by atoms with E-state index in [1.165, 1.54) is 0 Å². The first-order valence-electron chi connectivity index (χ1n) is 7.63. The number of benzene rings is 1. The van der Waals surface area contributed by atoms with E-state index in [-0.39, 0.29) is 5.56 Å². The minimum atomic E-state index is -0.684. The van der Waals surface area contributed by atoms with Gasteiger partial charge in [-0.05, 0) is 39.6 Å². The van der Waals surface area contributed by atoms with Gasteiger partial charge in [0.25, 0.3) is 5.56 Å². The molecule has 2 aromatic rings. The maximum absolute atomic E-state index is 12.2. The topological polar surface area (TPSA) is 90.7 Å². The first-order valence-corrected chi connectivity index (χ1v) is 7.63. The van der Waals surface area contributed by atoms with Crippen LogP contribution in [-0.2, 0) is 0 Å². The number of H-pyrrole nitrogens is 1. The second kappa shape index (κ2) is 7.27. The lowest BCUT2D eigenvalue weighted by Crippen LogP contribution is -2.33. The van der Waals surface area contributed by atoms with Crippen molar-refractivity contribution in [2.75, 3.05) is 27.2 Å². The Morgan fingerprint density at radius 2 is 1.96 bits per heavy atom. The van der Waals surface area contributed by atoms with Gasteiger partial charge in [0.2, 0.25) is 5.88 Å². The molecule has 0 saturated carbocycles. The summed E-state index contributed by atoms with van der Waals surface area (Å²) in [4.78, 5) is 32.9. The van der Waals surface area contributed by atoms with Gasteiger partial charge in [0.1, 0.15) is 5.56 Å². The zero-order valence-corrected chi connectivity index (χ0v) is 14.3. The average Bonchev–Trinajstić information content (AvgIpc) is 2.48. The fourth-order valence-electron chi connectivity index (χ4n) is 2.39. The number of aromatic amines is 1. The molecular weight excluding hydrogens is 308 g/mol. The molecule has 1 heterocycles. The molecule has 2 rings (SSSR count). The first-order chi connectivity index (χ1) is 11.3. The highest BCUT2D eigenvalue weighted by Crippen LogP contribution is 2.19. The lowest BCUT2D eigenvalue weighted by Gasteiger charge is -2.13. The predicted octanol–water partition coefficient (Wildman–Crippen LogP) is 0.910. The third kappa shape index (κ3) is 3.62. The van der Waals surface area contributed by atoms with Gasteiger partial charge in [-0.1, -0.05) is 18.2 Å². The summed E-state index contributed by atoms with van der Waals surface area (Å²) >= 11 is 0. The van der Waals surface area contributed by atoms with Gasteiger partial charge in [-0.2, -0.15) is 0 Å². The minimum absolute atomic E-state index is 0.0107. The van der Waals surface area contributed by atoms with E-state index < -0.39 is 17.1 Å². The highest BCUT2D eigenvalue weighted by Gasteiger charge is 2.18. The number of rotatable bonds is 5. The largest absolute Gasteiger partial charge is 0.493 e. The molecule has 0 spiro atoms. The lowest BCUT2D eigenvalue weighted by molar-refractivity contribution is 0.420. The van der Waals surface area contributed by atoms with Gasteiger partial charge in [-0.25, -0.2) is 9.36 Å². The summed E-state index contributed by atoms with van der Waals surface area (Å²) < 4.78 is 1.09. The SMILES string of the molecule is CC(=NCCN(C)C)c1c(O)n(-c2ccccc2C)c(=O)[nH]c1=O. The number of hydrogen-bond donors (Lipinski definition) is 2. The van der Waals surface area contributed by atoms with Crippen LogP contribution in [0.5, 0.6) is 5.88 Å². The van der Waals surface area contributed by atoms with Gasteiger partial charge < -0.3 is 10.0 Å². The van der Waals surface area contributed by atoms with Crippen LogP contribution >= 0.6 is 0 Å². The van der Waals surface area contributed by atoms with Crippen LogP contribution in [0.2, 0.25) is 0 Å². The summed E-state index contributed by atoms with van der Waals surface area (Å²) in [6.07, 6.45) is 0. The monoisotopic (exact) mass is 330 g/mol. The van der Waals surface area contributed by atoms with Crippen LogP contribution < -0.4 is 11.2 Å². The quantitative estimate of drug-likeness (QED) is 0.797. The number of aryl methyl sites for hydroxylation is 1. The zero-order chi connectivity index (χ0) is 17.9. The fourth-order valence-corrected chi connectivity index (χ4v) is 2.39. The summed E-state index contributed by atoms with van der Waals surface area (Å²) in [5.41, 5.74) is 0.383. The van der Waals surface area contributed by atoms with E-state index in [9.17, 15) is 14.7 Å². The number of para-hydroxylation sites is 1. The third-order valence-corrected chi connectivity index (χ3v) is 3.70. The van der Waals surface area contributed by atoms with Crippen LogP contribution in [0.25, 0.3) is 5.69 Å². The lowest BCUT2D eigenvalue weighted by atomic mass is 10.1. The molecule has 0 aliphatic heterocycles. The first kappa shape index (κ1) is 17.7. The van der Waals surface area contributed by atoms with E-state index in [2.05, 4.69) is 9.98 Å². The van der Waals surface area contributed by atoms with Crippen LogP contribution in [0, 0.1) is 6.92 Å². The summed E-state index contributed by atoms with van der Waals surface area (Å²) in [5.74, 6) is -0.399. The van der Waals surface area contributed by atoms with E-state index in [0.717, 1.165) is 10.1 Å². The van der Waals surface area contributed by atoms with Gasteiger partial charge >= 0.3 is 5.69 Å². The second-order valence-corrected chi connectivity index (χ2v) is 5.85. The highest BCUT2D eigenvalue weighted by molar-refractivity contribution is 6.00. The summed E-state index contributed by atoms with van der Waals surface area (Å²) in [7, 11) is 3.85. The number of aliphatic imine (C=N–C) groups is 1. The zero-order valence-electron chi connectivity index (χ0n) is 14.3. The number of nitrogens with one attached hydrogen (secondary N) is 1. The van der Waals surface area contributed by atoms with Crippen LogP contribution in [0.4, 0.5) is 0 Å². The molecule has 1 aromatic heterocycles. The highest BCUT2D eigenvalue weighted by atomic mass is 16.3. The predicted molar refractivity (Wildman–Crippen MR) is 94.7 cm³/mol. The van der Waals surface area contributed by atoms with Crippen molar-refractivity contribution in [3.63, 3.8) is 0 Å². The molecule has 1 aromatic carbocycles. The molecule has 0 unspecified atom stereocenters. The van der Waals surface area contributed by atoms with Crippen molar-refractivity contribution in [2.24, 2.45) is 4.99 Å². The number of aromatic hydroxyl groups is 1. The number of aromatic nitrogens is 2. The molecule has 7 nitrogen and oxygen atoms in total. The van der Waals surface area contributed by atoms with E-state index >= 15 is 0 Å². The van der Waals surface area contributed by atoms with E-state index in [4.69, 9.17) is 0 Å². The summed E-state index contributed by atoms with van der Waals surface area (Å²) in [6, 6.07) is 7.12. The van der Waals surface area contributed by atoms with Crippen molar-refractivity contribution < 1.29 is 5.11 Å². The van der Waals surface area contributed by atoms with Crippen LogP contribution in [-0.4, -0.2) is 52.5 Å². The molecular formula is C17H22N4O3. The van der Waals surface area contributed by atoms with Crippen molar-refractivity contribution in [3.8, 4) is 11.6 Å². The molecule has 0 atom stereocenters. The number of nitrogens with zero attached hydrogens (tertiary/aromatic N) is 3. The van der Waals surface area contributed by atoms with Crippen molar-refractivity contribution >= 4 is 5.71 Å². The van der Waals surface area contributed by atoms with Gasteiger partial charge in [-0.15, -0.1) is 0 Å². The molecule has 0 fully saturated rings. The molecule has 0 radical (unpaired) electrons. The van der Waals surface area contributed by atoms with E-state index in [1.807, 2.05) is 38.1 Å². The molecule has 0 saturated heterocycles. The Labute approximate surface area is 139 Å². The van der Waals surface area contributed by atoms with Crippen molar-refractivity contribution in [1.82, 2.24) is 14.5 Å². The maximum atomic E-state index is 12.2. The van der Waals surface area contributed by atoms with Crippen molar-refractivity contribution in [2.45, 2.75) is 13.8 Å². The molecule has 0 aliphatic rings. The molecule has 24 heavy (non-hydrogen) atoms. The number of likely N-dealkylation sites (N-methyl/N-ethyl adjacent to an activating group) is 1. The molecule has 2 N–H and O–H groups in total. The number of hydrogen-bond acceptors (Lipinski definition) is 5. The van der Waals surface area contributed by atoms with E-state index in [1.54, 1.807) is 19.1 Å². The van der Waals surface area contributed by atoms with Crippen LogP contribution in [0.3, 0.4) is 0 Å². The Morgan fingerprint density at radius 1 is 1.29 bits per heavy atom. The fraction of sp³-hybridized carbons (Fsp3) is 0.353. The van der Waals surface area contributed by atoms with Gasteiger partial charge in [0, 0.05) is 12.3 Å². The van der Waals surface area contributed by atoms with Crippen molar-refractivity contribution in [1.29, 1.82) is 0 Å². The molecule has 0 bridgehead atoms. The van der Waals surface area contributed by atoms with Crippen LogP contribution in [0.15, 0.2) is 38.8 Å². The maximum Gasteiger partial charge on any atom is 0.335 e. The molecule has 0 aliphatic carbocycles.